The van der Waals surface area contributed by atoms with Crippen LogP contribution in [-0.2, 0) is 0 Å². The molecule has 0 saturated carbocycles. The number of unbranched alkanes of at least 4 members (excludes halogenated alkanes) is 5. The van der Waals surface area contributed by atoms with Gasteiger partial charge in [-0.2, -0.15) is 0 Å². The molecule has 0 radical (unpaired) electrons. The van der Waals surface area contributed by atoms with Crippen LogP contribution in [0.4, 0.5) is 0 Å². The quantitative estimate of drug-likeness (QED) is 0.378. The van der Waals surface area contributed by atoms with Gasteiger partial charge in [0.1, 0.15) is 0 Å². The topological polar surface area (TPSA) is 0 Å². The Morgan fingerprint density at radius 3 is 2.09 bits per heavy atom. The third kappa shape index (κ3) is 9.74. The molecule has 0 unspecified atom stereocenters. The molecule has 0 aliphatic heterocycles. The van der Waals surface area contributed by atoms with Crippen LogP contribution in [0.15, 0.2) is 12.2 Å². The van der Waals surface area contributed by atoms with Crippen LogP contribution in [0, 0.1) is 0 Å². The summed E-state index contributed by atoms with van der Waals surface area (Å²) in [6.07, 6.45) is 14.0. The average molecular weight is 154 g/mol. The third-order valence-electron chi connectivity index (χ3n) is 1.85. The predicted octanol–water partition coefficient (Wildman–Crippen LogP) is 4.31. The zero-order chi connectivity index (χ0) is 8.36. The second-order valence-corrected chi connectivity index (χ2v) is 3.11. The lowest BCUT2D eigenvalue weighted by atomic mass is 10.1. The van der Waals surface area contributed by atoms with Crippen molar-refractivity contribution in [3.63, 3.8) is 0 Å². The number of hydrogen-bond donors (Lipinski definition) is 0. The molecule has 0 heteroatoms. The van der Waals surface area contributed by atoms with Crippen LogP contribution >= 0.6 is 0 Å². The number of allylic oxidation sites excluding steroid dienone is 2. The maximum Gasteiger partial charge on any atom is -0.0351 e. The van der Waals surface area contributed by atoms with Crippen molar-refractivity contribution in [3.05, 3.63) is 12.2 Å². The van der Waals surface area contributed by atoms with Crippen LogP contribution in [-0.4, -0.2) is 0 Å². The van der Waals surface area contributed by atoms with Crippen LogP contribution in [0.2, 0.25) is 0 Å². The van der Waals surface area contributed by atoms with Crippen LogP contribution < -0.4 is 0 Å². The fraction of sp³-hybridized carbons (Fsp3) is 0.818. The summed E-state index contributed by atoms with van der Waals surface area (Å²) in [7, 11) is 0. The molecule has 0 spiro atoms. The molecule has 0 aromatic heterocycles. The molecule has 0 nitrogen and oxygen atoms in total. The first-order chi connectivity index (χ1) is 5.41. The maximum absolute atomic E-state index is 2.33. The molecule has 0 fully saturated rings. The van der Waals surface area contributed by atoms with Gasteiger partial charge in [-0.25, -0.2) is 0 Å². The highest BCUT2D eigenvalue weighted by Gasteiger charge is 1.83. The molecule has 0 saturated heterocycles. The maximum atomic E-state index is 2.33. The summed E-state index contributed by atoms with van der Waals surface area (Å²) >= 11 is 0. The number of rotatable bonds is 7. The lowest BCUT2D eigenvalue weighted by molar-refractivity contribution is 0.673. The summed E-state index contributed by atoms with van der Waals surface area (Å²) in [6, 6.07) is 0. The van der Waals surface area contributed by atoms with Crippen molar-refractivity contribution < 1.29 is 0 Å². The van der Waals surface area contributed by atoms with Crippen molar-refractivity contribution >= 4 is 0 Å². The van der Waals surface area contributed by atoms with E-state index in [0.717, 1.165) is 0 Å². The molecule has 0 amide bonds. The second-order valence-electron chi connectivity index (χ2n) is 3.11. The van der Waals surface area contributed by atoms with Gasteiger partial charge >= 0.3 is 0 Å². The van der Waals surface area contributed by atoms with Crippen molar-refractivity contribution in [2.24, 2.45) is 0 Å². The van der Waals surface area contributed by atoms with E-state index in [4.69, 9.17) is 0 Å². The van der Waals surface area contributed by atoms with E-state index in [9.17, 15) is 0 Å². The van der Waals surface area contributed by atoms with Gasteiger partial charge in [0.2, 0.25) is 0 Å². The monoisotopic (exact) mass is 154 g/mol. The molecular formula is C11H22. The van der Waals surface area contributed by atoms with E-state index in [-0.39, 0.29) is 0 Å². The lowest BCUT2D eigenvalue weighted by Gasteiger charge is -1.93. The van der Waals surface area contributed by atoms with Gasteiger partial charge in [0.25, 0.3) is 0 Å². The summed E-state index contributed by atoms with van der Waals surface area (Å²) in [4.78, 5) is 0. The molecule has 66 valence electrons. The summed E-state index contributed by atoms with van der Waals surface area (Å²) in [5.74, 6) is 0. The Labute approximate surface area is 71.7 Å². The van der Waals surface area contributed by atoms with Gasteiger partial charge in [-0.15, -0.1) is 0 Å². The van der Waals surface area contributed by atoms with E-state index in [1.165, 1.54) is 44.9 Å². The normalized spacial score (nSPS) is 11.1. The predicted molar refractivity (Wildman–Crippen MR) is 52.8 cm³/mol. The minimum atomic E-state index is 1.26. The molecule has 0 aromatic carbocycles. The van der Waals surface area contributed by atoms with Gasteiger partial charge in [-0.05, 0) is 19.3 Å². The van der Waals surface area contributed by atoms with Gasteiger partial charge in [0.05, 0.1) is 0 Å². The van der Waals surface area contributed by atoms with Crippen LogP contribution in [0.3, 0.4) is 0 Å². The van der Waals surface area contributed by atoms with E-state index >= 15 is 0 Å². The van der Waals surface area contributed by atoms with E-state index in [2.05, 4.69) is 26.0 Å². The molecule has 0 aromatic rings. The average Bonchev–Trinajstić information content (AvgIpc) is 2.03. The Kier molecular flexibility index (Phi) is 9.51. The first kappa shape index (κ1) is 10.7. The van der Waals surface area contributed by atoms with Crippen LogP contribution in [0.5, 0.6) is 0 Å². The highest BCUT2D eigenvalue weighted by atomic mass is 13.9. The van der Waals surface area contributed by atoms with Gasteiger partial charge in [-0.1, -0.05) is 51.7 Å². The summed E-state index contributed by atoms with van der Waals surface area (Å²) < 4.78 is 0. The van der Waals surface area contributed by atoms with E-state index in [1.54, 1.807) is 0 Å². The second kappa shape index (κ2) is 9.74. The zero-order valence-electron chi connectivity index (χ0n) is 8.10. The minimum Gasteiger partial charge on any atom is -0.0885 e. The van der Waals surface area contributed by atoms with E-state index in [1.807, 2.05) is 0 Å². The third-order valence-corrected chi connectivity index (χ3v) is 1.85. The summed E-state index contributed by atoms with van der Waals surface area (Å²) in [6.45, 7) is 4.48. The molecule has 0 aliphatic carbocycles. The zero-order valence-corrected chi connectivity index (χ0v) is 8.10. The Morgan fingerprint density at radius 1 is 0.727 bits per heavy atom. The highest BCUT2D eigenvalue weighted by molar-refractivity contribution is 4.80. The SMILES string of the molecule is CCC/C=C\CCCCCC. The molecule has 0 heterocycles. The Balaban J connectivity index is 2.89. The largest absolute Gasteiger partial charge is 0.0885 e. The first-order valence-electron chi connectivity index (χ1n) is 5.06. The van der Waals surface area contributed by atoms with E-state index < -0.39 is 0 Å². The molecule has 0 bridgehead atoms. The molecule has 11 heavy (non-hydrogen) atoms. The fourth-order valence-corrected chi connectivity index (χ4v) is 1.09. The van der Waals surface area contributed by atoms with Gasteiger partial charge < -0.3 is 0 Å². The van der Waals surface area contributed by atoms with Crippen molar-refractivity contribution in [2.75, 3.05) is 0 Å². The summed E-state index contributed by atoms with van der Waals surface area (Å²) in [5, 5.41) is 0. The van der Waals surface area contributed by atoms with Crippen molar-refractivity contribution in [3.8, 4) is 0 Å². The van der Waals surface area contributed by atoms with E-state index in [0.29, 0.717) is 0 Å². The molecular weight excluding hydrogens is 132 g/mol. The van der Waals surface area contributed by atoms with Gasteiger partial charge in [0, 0.05) is 0 Å². The summed E-state index contributed by atoms with van der Waals surface area (Å²) in [5.41, 5.74) is 0. The Hall–Kier alpha value is -0.260. The molecule has 0 atom stereocenters. The van der Waals surface area contributed by atoms with Crippen molar-refractivity contribution in [2.45, 2.75) is 58.8 Å². The molecule has 0 N–H and O–H groups in total. The smallest absolute Gasteiger partial charge is 0.0351 e. The van der Waals surface area contributed by atoms with Gasteiger partial charge in [0.15, 0.2) is 0 Å². The fourth-order valence-electron chi connectivity index (χ4n) is 1.09. The van der Waals surface area contributed by atoms with Crippen LogP contribution in [0.1, 0.15) is 58.8 Å². The molecule has 0 aliphatic rings. The lowest BCUT2D eigenvalue weighted by Crippen LogP contribution is -1.73. The standard InChI is InChI=1S/C11H22/c1-3-5-7-9-11-10-8-6-4-2/h7,9H,3-6,8,10-11H2,1-2H3/b9-7-. The van der Waals surface area contributed by atoms with Crippen LogP contribution in [0.25, 0.3) is 0 Å². The van der Waals surface area contributed by atoms with Crippen molar-refractivity contribution in [1.82, 2.24) is 0 Å². The minimum absolute atomic E-state index is 1.26. The van der Waals surface area contributed by atoms with Gasteiger partial charge in [-0.3, -0.25) is 0 Å². The Bertz CT molecular complexity index is 82.0. The Morgan fingerprint density at radius 2 is 1.45 bits per heavy atom. The highest BCUT2D eigenvalue weighted by Crippen LogP contribution is 2.03. The molecule has 0 rings (SSSR count). The van der Waals surface area contributed by atoms with Crippen molar-refractivity contribution in [1.29, 1.82) is 0 Å². The number of hydrogen-bond acceptors (Lipinski definition) is 0. The first-order valence-corrected chi connectivity index (χ1v) is 5.06.